The van der Waals surface area contributed by atoms with E-state index in [4.69, 9.17) is 0 Å². The van der Waals surface area contributed by atoms with Crippen LogP contribution < -0.4 is 5.32 Å². The Morgan fingerprint density at radius 3 is 2.89 bits per heavy atom. The lowest BCUT2D eigenvalue weighted by molar-refractivity contribution is 0.445. The molecule has 2 aromatic rings. The van der Waals surface area contributed by atoms with E-state index in [0.29, 0.717) is 6.04 Å². The molecule has 0 radical (unpaired) electrons. The molecule has 1 heterocycles. The van der Waals surface area contributed by atoms with Crippen LogP contribution in [0.15, 0.2) is 36.7 Å². The number of hydrogen-bond acceptors (Lipinski definition) is 2. The Morgan fingerprint density at radius 2 is 2.11 bits per heavy atom. The zero-order chi connectivity index (χ0) is 13.1. The van der Waals surface area contributed by atoms with Crippen molar-refractivity contribution in [2.24, 2.45) is 5.92 Å². The fraction of sp³-hybridized carbons (Fsp3) is 0.471. The molecular formula is C17H22N2. The van der Waals surface area contributed by atoms with Crippen molar-refractivity contribution in [3.63, 3.8) is 0 Å². The summed E-state index contributed by atoms with van der Waals surface area (Å²) in [5.41, 5.74) is 1.31. The van der Waals surface area contributed by atoms with Gasteiger partial charge in [-0.05, 0) is 29.7 Å². The lowest BCUT2D eigenvalue weighted by Gasteiger charge is -2.17. The van der Waals surface area contributed by atoms with Gasteiger partial charge in [-0.1, -0.05) is 44.0 Å². The maximum absolute atomic E-state index is 4.35. The van der Waals surface area contributed by atoms with E-state index in [0.717, 1.165) is 12.5 Å². The third-order valence-electron chi connectivity index (χ3n) is 4.14. The molecule has 1 atom stereocenters. The Morgan fingerprint density at radius 1 is 1.26 bits per heavy atom. The number of benzene rings is 1. The van der Waals surface area contributed by atoms with Crippen LogP contribution in [0.3, 0.4) is 0 Å². The van der Waals surface area contributed by atoms with Crippen LogP contribution in [0.25, 0.3) is 10.8 Å². The van der Waals surface area contributed by atoms with Gasteiger partial charge < -0.3 is 5.32 Å². The topological polar surface area (TPSA) is 24.9 Å². The van der Waals surface area contributed by atoms with Crippen LogP contribution in [0.4, 0.5) is 0 Å². The van der Waals surface area contributed by atoms with E-state index < -0.39 is 0 Å². The van der Waals surface area contributed by atoms with Gasteiger partial charge in [-0.25, -0.2) is 0 Å². The predicted molar refractivity (Wildman–Crippen MR) is 80.0 cm³/mol. The van der Waals surface area contributed by atoms with Crippen LogP contribution >= 0.6 is 0 Å². The summed E-state index contributed by atoms with van der Waals surface area (Å²) in [7, 11) is 0. The van der Waals surface area contributed by atoms with Crippen LogP contribution in [0.5, 0.6) is 0 Å². The molecule has 0 bridgehead atoms. The van der Waals surface area contributed by atoms with Crippen molar-refractivity contribution in [2.75, 3.05) is 0 Å². The number of nitrogens with one attached hydrogen (secondary N) is 1. The van der Waals surface area contributed by atoms with E-state index >= 15 is 0 Å². The fourth-order valence-electron chi connectivity index (χ4n) is 2.72. The Hall–Kier alpha value is -1.41. The first-order chi connectivity index (χ1) is 9.36. The molecule has 19 heavy (non-hydrogen) atoms. The molecule has 2 heteroatoms. The summed E-state index contributed by atoms with van der Waals surface area (Å²) in [4.78, 5) is 4.35. The summed E-state index contributed by atoms with van der Waals surface area (Å²) in [6.45, 7) is 3.21. The van der Waals surface area contributed by atoms with Crippen molar-refractivity contribution in [3.8, 4) is 0 Å². The number of pyridine rings is 1. The van der Waals surface area contributed by atoms with Gasteiger partial charge in [0, 0.05) is 30.4 Å². The summed E-state index contributed by atoms with van der Waals surface area (Å²) in [6, 6.07) is 9.16. The van der Waals surface area contributed by atoms with Gasteiger partial charge in [0.2, 0.25) is 0 Å². The summed E-state index contributed by atoms with van der Waals surface area (Å²) in [6.07, 6.45) is 9.38. The lowest BCUT2D eigenvalue weighted by Crippen LogP contribution is -2.28. The second-order valence-corrected chi connectivity index (χ2v) is 5.68. The van der Waals surface area contributed by atoms with Crippen LogP contribution in [0, 0.1) is 5.92 Å². The maximum atomic E-state index is 4.35. The van der Waals surface area contributed by atoms with Crippen LogP contribution in [0.1, 0.15) is 38.2 Å². The minimum absolute atomic E-state index is 0.659. The molecule has 100 valence electrons. The highest BCUT2D eigenvalue weighted by Gasteiger charge is 2.24. The van der Waals surface area contributed by atoms with Gasteiger partial charge in [-0.2, -0.15) is 0 Å². The highest BCUT2D eigenvalue weighted by molar-refractivity contribution is 5.84. The predicted octanol–water partition coefficient (Wildman–Crippen LogP) is 3.90. The van der Waals surface area contributed by atoms with Crippen LogP contribution in [-0.2, 0) is 6.54 Å². The molecule has 0 amide bonds. The number of aromatic nitrogens is 1. The smallest absolute Gasteiger partial charge is 0.0346 e. The summed E-state index contributed by atoms with van der Waals surface area (Å²) < 4.78 is 0. The van der Waals surface area contributed by atoms with Gasteiger partial charge >= 0.3 is 0 Å². The molecule has 1 aromatic heterocycles. The minimum atomic E-state index is 0.659. The molecule has 3 rings (SSSR count). The van der Waals surface area contributed by atoms with Crippen molar-refractivity contribution in [3.05, 3.63) is 42.2 Å². The van der Waals surface area contributed by atoms with E-state index in [9.17, 15) is 0 Å². The van der Waals surface area contributed by atoms with Crippen molar-refractivity contribution < 1.29 is 0 Å². The molecule has 0 spiro atoms. The van der Waals surface area contributed by atoms with E-state index in [1.165, 1.54) is 42.0 Å². The van der Waals surface area contributed by atoms with Crippen molar-refractivity contribution in [2.45, 2.75) is 45.2 Å². The first-order valence-electron chi connectivity index (χ1n) is 7.42. The van der Waals surface area contributed by atoms with Gasteiger partial charge in [-0.15, -0.1) is 0 Å². The second kappa shape index (κ2) is 5.70. The minimum Gasteiger partial charge on any atom is -0.310 e. The van der Waals surface area contributed by atoms with Gasteiger partial charge in [0.25, 0.3) is 0 Å². The lowest BCUT2D eigenvalue weighted by atomic mass is 10.1. The second-order valence-electron chi connectivity index (χ2n) is 5.68. The number of fused-ring (bicyclic) bond motifs is 1. The van der Waals surface area contributed by atoms with E-state index in [1.807, 2.05) is 12.4 Å². The largest absolute Gasteiger partial charge is 0.310 e. The highest BCUT2D eigenvalue weighted by atomic mass is 14.9. The zero-order valence-corrected chi connectivity index (χ0v) is 11.6. The molecule has 1 fully saturated rings. The summed E-state index contributed by atoms with van der Waals surface area (Å²) in [5, 5.41) is 6.27. The van der Waals surface area contributed by atoms with Crippen LogP contribution in [0.2, 0.25) is 0 Å². The fourth-order valence-corrected chi connectivity index (χ4v) is 2.72. The highest BCUT2D eigenvalue weighted by Crippen LogP contribution is 2.34. The molecule has 1 aliphatic rings. The molecule has 1 N–H and O–H groups in total. The normalized spacial score (nSPS) is 16.7. The molecule has 0 aliphatic heterocycles. The van der Waals surface area contributed by atoms with Gasteiger partial charge in [0.15, 0.2) is 0 Å². The molecule has 0 saturated heterocycles. The van der Waals surface area contributed by atoms with Gasteiger partial charge in [0.1, 0.15) is 0 Å². The number of nitrogens with zero attached hydrogens (tertiary/aromatic N) is 1. The standard InChI is InChI=1S/C17H22N2/c1-2-16(9-13-7-8-13)19-12-15-11-18-10-14-5-3-4-6-17(14)15/h3-6,10-11,13,16,19H,2,7-9,12H2,1H3. The maximum Gasteiger partial charge on any atom is 0.0346 e. The van der Waals surface area contributed by atoms with Gasteiger partial charge in [0.05, 0.1) is 0 Å². The summed E-state index contributed by atoms with van der Waals surface area (Å²) >= 11 is 0. The number of rotatable bonds is 6. The Labute approximate surface area is 115 Å². The molecular weight excluding hydrogens is 232 g/mol. The first kappa shape index (κ1) is 12.6. The van der Waals surface area contributed by atoms with E-state index in [2.05, 4.69) is 41.5 Å². The van der Waals surface area contributed by atoms with E-state index in [-0.39, 0.29) is 0 Å². The Bertz CT molecular complexity index is 540. The average molecular weight is 254 g/mol. The van der Waals surface area contributed by atoms with E-state index in [1.54, 1.807) is 0 Å². The monoisotopic (exact) mass is 254 g/mol. The average Bonchev–Trinajstić information content (AvgIpc) is 3.27. The quantitative estimate of drug-likeness (QED) is 0.845. The zero-order valence-electron chi connectivity index (χ0n) is 11.6. The third kappa shape index (κ3) is 3.13. The van der Waals surface area contributed by atoms with Crippen molar-refractivity contribution in [1.29, 1.82) is 0 Å². The molecule has 1 saturated carbocycles. The van der Waals surface area contributed by atoms with Gasteiger partial charge in [-0.3, -0.25) is 4.98 Å². The number of hydrogen-bond donors (Lipinski definition) is 1. The molecule has 1 aliphatic carbocycles. The molecule has 1 aromatic carbocycles. The molecule has 2 nitrogen and oxygen atoms in total. The Kier molecular flexibility index (Phi) is 3.79. The van der Waals surface area contributed by atoms with Crippen molar-refractivity contribution in [1.82, 2.24) is 10.3 Å². The third-order valence-corrected chi connectivity index (χ3v) is 4.14. The SMILES string of the molecule is CCC(CC1CC1)NCc1cncc2ccccc12. The van der Waals surface area contributed by atoms with Crippen molar-refractivity contribution >= 4 is 10.8 Å². The van der Waals surface area contributed by atoms with Crippen LogP contribution in [-0.4, -0.2) is 11.0 Å². The first-order valence-corrected chi connectivity index (χ1v) is 7.42. The Balaban J connectivity index is 1.70. The molecule has 1 unspecified atom stereocenters. The summed E-state index contributed by atoms with van der Waals surface area (Å²) in [5.74, 6) is 0.989.